The Bertz CT molecular complexity index is 719. The van der Waals surface area contributed by atoms with Crippen molar-refractivity contribution in [3.63, 3.8) is 0 Å². The molecule has 7 heteroatoms. The molecule has 1 saturated carbocycles. The zero-order valence-electron chi connectivity index (χ0n) is 12.4. The van der Waals surface area contributed by atoms with E-state index in [1.807, 2.05) is 26.0 Å². The van der Waals surface area contributed by atoms with Gasteiger partial charge in [0, 0.05) is 11.8 Å². The van der Waals surface area contributed by atoms with Crippen LogP contribution in [0.2, 0.25) is 0 Å². The quantitative estimate of drug-likeness (QED) is 0.686. The van der Waals surface area contributed by atoms with Gasteiger partial charge < -0.3 is 15.5 Å². The Labute approximate surface area is 127 Å². The summed E-state index contributed by atoms with van der Waals surface area (Å²) in [5, 5.41) is 29.5. The van der Waals surface area contributed by atoms with Crippen LogP contribution < -0.4 is 5.32 Å². The molecule has 22 heavy (non-hydrogen) atoms. The van der Waals surface area contributed by atoms with Crippen LogP contribution in [-0.2, 0) is 10.4 Å². The average Bonchev–Trinajstić information content (AvgIpc) is 2.79. The lowest BCUT2D eigenvalue weighted by Crippen LogP contribution is -2.45. The van der Waals surface area contributed by atoms with Crippen LogP contribution in [0, 0.1) is 19.8 Å². The van der Waals surface area contributed by atoms with Crippen molar-refractivity contribution in [1.82, 2.24) is 15.2 Å². The molecule has 0 amide bonds. The first-order valence-corrected chi connectivity index (χ1v) is 7.09. The van der Waals surface area contributed by atoms with Crippen molar-refractivity contribution < 1.29 is 15.0 Å². The number of hydrogen-bond donors (Lipinski definition) is 4. The number of aromatic amines is 1. The van der Waals surface area contributed by atoms with Gasteiger partial charge >= 0.3 is 5.97 Å². The van der Waals surface area contributed by atoms with Crippen molar-refractivity contribution in [3.05, 3.63) is 35.2 Å². The number of carboxylic acid groups (broad SMARTS) is 1. The molecular weight excluding hydrogens is 284 g/mol. The maximum absolute atomic E-state index is 10.9. The molecule has 4 N–H and O–H groups in total. The van der Waals surface area contributed by atoms with Gasteiger partial charge in [0.1, 0.15) is 11.4 Å². The summed E-state index contributed by atoms with van der Waals surface area (Å²) < 4.78 is 0. The fourth-order valence-corrected chi connectivity index (χ4v) is 2.72. The minimum absolute atomic E-state index is 0.194. The molecule has 0 atom stereocenters. The van der Waals surface area contributed by atoms with E-state index in [-0.39, 0.29) is 12.8 Å². The molecule has 2 aromatic heterocycles. The monoisotopic (exact) mass is 302 g/mol. The first-order valence-electron chi connectivity index (χ1n) is 7.09. The van der Waals surface area contributed by atoms with E-state index >= 15 is 0 Å². The first kappa shape index (κ1) is 14.5. The molecule has 2 aromatic rings. The topological polar surface area (TPSA) is 111 Å². The van der Waals surface area contributed by atoms with Gasteiger partial charge in [0.15, 0.2) is 5.82 Å². The Balaban J connectivity index is 1.83. The Morgan fingerprint density at radius 3 is 2.64 bits per heavy atom. The summed E-state index contributed by atoms with van der Waals surface area (Å²) >= 11 is 0. The Kier molecular flexibility index (Phi) is 3.37. The lowest BCUT2D eigenvalue weighted by atomic mass is 9.69. The molecule has 1 aliphatic rings. The smallest absolute Gasteiger partial charge is 0.306 e. The van der Waals surface area contributed by atoms with Crippen LogP contribution in [0.25, 0.3) is 0 Å². The number of nitrogens with zero attached hydrogens (tertiary/aromatic N) is 2. The summed E-state index contributed by atoms with van der Waals surface area (Å²) in [7, 11) is 0. The van der Waals surface area contributed by atoms with Crippen LogP contribution >= 0.6 is 0 Å². The van der Waals surface area contributed by atoms with E-state index in [2.05, 4.69) is 20.5 Å². The number of aliphatic hydroxyl groups is 1. The summed E-state index contributed by atoms with van der Waals surface area (Å²) in [6, 6.07) is 5.49. The maximum Gasteiger partial charge on any atom is 0.306 e. The summed E-state index contributed by atoms with van der Waals surface area (Å²) in [6.07, 6.45) is 0.388. The van der Waals surface area contributed by atoms with E-state index in [1.165, 1.54) is 0 Å². The molecule has 0 aliphatic heterocycles. The molecule has 0 bridgehead atoms. The molecule has 3 rings (SSSR count). The Morgan fingerprint density at radius 2 is 2.05 bits per heavy atom. The van der Waals surface area contributed by atoms with Crippen LogP contribution in [0.5, 0.6) is 0 Å². The number of H-pyrrole nitrogens is 1. The highest BCUT2D eigenvalue weighted by atomic mass is 16.4. The number of rotatable bonds is 4. The molecule has 0 saturated heterocycles. The van der Waals surface area contributed by atoms with Gasteiger partial charge in [0.2, 0.25) is 0 Å². The van der Waals surface area contributed by atoms with Crippen molar-refractivity contribution in [2.45, 2.75) is 32.3 Å². The fraction of sp³-hybridized carbons (Fsp3) is 0.400. The van der Waals surface area contributed by atoms with Crippen molar-refractivity contribution in [2.75, 3.05) is 5.32 Å². The van der Waals surface area contributed by atoms with E-state index in [9.17, 15) is 9.90 Å². The van der Waals surface area contributed by atoms with Gasteiger partial charge in [-0.2, -0.15) is 5.10 Å². The van der Waals surface area contributed by atoms with Gasteiger partial charge in [-0.05, 0) is 44.4 Å². The number of hydrogen-bond acceptors (Lipinski definition) is 5. The second-order valence-electron chi connectivity index (χ2n) is 5.95. The Hall–Kier alpha value is -2.41. The predicted molar refractivity (Wildman–Crippen MR) is 79.8 cm³/mol. The zero-order chi connectivity index (χ0) is 15.9. The second-order valence-corrected chi connectivity index (χ2v) is 5.95. The van der Waals surface area contributed by atoms with Crippen LogP contribution in [0.1, 0.15) is 29.8 Å². The lowest BCUT2D eigenvalue weighted by Gasteiger charge is -2.41. The average molecular weight is 302 g/mol. The highest BCUT2D eigenvalue weighted by molar-refractivity contribution is 5.71. The molecular formula is C15H18N4O3. The van der Waals surface area contributed by atoms with E-state index in [0.717, 1.165) is 11.3 Å². The zero-order valence-corrected chi connectivity index (χ0v) is 12.4. The van der Waals surface area contributed by atoms with Gasteiger partial charge in [-0.3, -0.25) is 9.89 Å². The highest BCUT2D eigenvalue weighted by Gasteiger charge is 2.48. The molecule has 1 aliphatic carbocycles. The summed E-state index contributed by atoms with van der Waals surface area (Å²) in [4.78, 5) is 15.3. The van der Waals surface area contributed by atoms with E-state index < -0.39 is 17.5 Å². The molecule has 0 radical (unpaired) electrons. The second kappa shape index (κ2) is 5.10. The summed E-state index contributed by atoms with van der Waals surface area (Å²) in [5.74, 6) is -0.153. The van der Waals surface area contributed by atoms with Crippen molar-refractivity contribution in [1.29, 1.82) is 0 Å². The van der Waals surface area contributed by atoms with Crippen molar-refractivity contribution >= 4 is 17.6 Å². The number of carbonyl (C=O) groups is 1. The van der Waals surface area contributed by atoms with Crippen LogP contribution in [0.4, 0.5) is 11.6 Å². The van der Waals surface area contributed by atoms with E-state index in [1.54, 1.807) is 6.07 Å². The maximum atomic E-state index is 10.9. The molecule has 116 valence electrons. The van der Waals surface area contributed by atoms with Crippen LogP contribution in [0.3, 0.4) is 0 Å². The minimum Gasteiger partial charge on any atom is -0.481 e. The van der Waals surface area contributed by atoms with Gasteiger partial charge in [0.25, 0.3) is 0 Å². The third kappa shape index (κ3) is 2.67. The largest absolute Gasteiger partial charge is 0.481 e. The predicted octanol–water partition coefficient (Wildman–Crippen LogP) is 1.85. The third-order valence-corrected chi connectivity index (χ3v) is 3.93. The van der Waals surface area contributed by atoms with Gasteiger partial charge in [-0.25, -0.2) is 4.98 Å². The fourth-order valence-electron chi connectivity index (χ4n) is 2.72. The molecule has 7 nitrogen and oxygen atoms in total. The number of pyridine rings is 1. The third-order valence-electron chi connectivity index (χ3n) is 3.93. The lowest BCUT2D eigenvalue weighted by molar-refractivity contribution is -0.160. The first-order chi connectivity index (χ1) is 10.4. The number of aliphatic carboxylic acids is 1. The van der Waals surface area contributed by atoms with Gasteiger partial charge in [-0.1, -0.05) is 0 Å². The molecule has 0 aromatic carbocycles. The molecule has 0 spiro atoms. The minimum atomic E-state index is -1.16. The summed E-state index contributed by atoms with van der Waals surface area (Å²) in [6.45, 7) is 3.80. The standard InChI is InChI=1S/C15H18N4O3/c1-8-3-11(15(22)6-10(7-15)14(20)21)16-12(4-8)17-13-5-9(2)18-19-13/h3-5,10,22H,6-7H2,1-2H3,(H,20,21)(H2,16,17,18,19). The van der Waals surface area contributed by atoms with Crippen LogP contribution in [0.15, 0.2) is 18.2 Å². The number of carboxylic acids is 1. The van der Waals surface area contributed by atoms with Gasteiger partial charge in [-0.15, -0.1) is 0 Å². The molecule has 0 unspecified atom stereocenters. The normalized spacial score (nSPS) is 23.9. The summed E-state index contributed by atoms with van der Waals surface area (Å²) in [5.41, 5.74) is 1.21. The Morgan fingerprint density at radius 1 is 1.32 bits per heavy atom. The SMILES string of the molecule is Cc1cc(Nc2cc(C)[nH]n2)nc(C2(O)CC(C(=O)O)C2)c1. The number of aryl methyl sites for hydroxylation is 2. The van der Waals surface area contributed by atoms with Gasteiger partial charge in [0.05, 0.1) is 11.6 Å². The highest BCUT2D eigenvalue weighted by Crippen LogP contribution is 2.45. The number of anilines is 2. The van der Waals surface area contributed by atoms with Crippen molar-refractivity contribution in [2.24, 2.45) is 5.92 Å². The molecule has 2 heterocycles. The van der Waals surface area contributed by atoms with Crippen molar-refractivity contribution in [3.8, 4) is 0 Å². The van der Waals surface area contributed by atoms with Crippen LogP contribution in [-0.4, -0.2) is 31.4 Å². The van der Waals surface area contributed by atoms with E-state index in [4.69, 9.17) is 5.11 Å². The number of aromatic nitrogens is 3. The molecule has 1 fully saturated rings. The number of nitrogens with one attached hydrogen (secondary N) is 2. The van der Waals surface area contributed by atoms with E-state index in [0.29, 0.717) is 17.3 Å².